The predicted molar refractivity (Wildman–Crippen MR) is 113 cm³/mol. The number of hydrogen-bond donors (Lipinski definition) is 1. The zero-order chi connectivity index (χ0) is 20.8. The molecule has 150 valence electrons. The van der Waals surface area contributed by atoms with Gasteiger partial charge in [0.05, 0.1) is 12.0 Å². The van der Waals surface area contributed by atoms with E-state index in [1.165, 1.54) is 5.56 Å². The molecule has 1 aliphatic rings. The molecule has 1 saturated heterocycles. The Balaban J connectivity index is 1.58. The number of methoxy groups -OCH3 is 1. The van der Waals surface area contributed by atoms with Crippen LogP contribution in [0.15, 0.2) is 53.4 Å². The highest BCUT2D eigenvalue weighted by Gasteiger charge is 2.36. The molecular formula is C22H22N2O4S. The van der Waals surface area contributed by atoms with Gasteiger partial charge in [0.1, 0.15) is 12.3 Å². The zero-order valence-corrected chi connectivity index (χ0v) is 17.1. The summed E-state index contributed by atoms with van der Waals surface area (Å²) in [4.78, 5) is 38.3. The Morgan fingerprint density at radius 3 is 2.34 bits per heavy atom. The lowest BCUT2D eigenvalue weighted by molar-refractivity contribution is -0.129. The number of amides is 3. The van der Waals surface area contributed by atoms with Crippen LogP contribution in [0.1, 0.15) is 23.6 Å². The lowest BCUT2D eigenvalue weighted by atomic mass is 10.1. The first-order valence-electron chi connectivity index (χ1n) is 9.24. The highest BCUT2D eigenvalue weighted by atomic mass is 32.2. The van der Waals surface area contributed by atoms with Crippen molar-refractivity contribution in [3.8, 4) is 5.75 Å². The number of aryl methyl sites for hydroxylation is 1. The third-order valence-electron chi connectivity index (χ3n) is 4.51. The van der Waals surface area contributed by atoms with E-state index in [4.69, 9.17) is 4.74 Å². The van der Waals surface area contributed by atoms with Gasteiger partial charge in [0, 0.05) is 6.54 Å². The van der Waals surface area contributed by atoms with Crippen LogP contribution in [-0.4, -0.2) is 35.6 Å². The van der Waals surface area contributed by atoms with Crippen LogP contribution in [0.3, 0.4) is 0 Å². The molecule has 7 heteroatoms. The molecule has 3 amide bonds. The van der Waals surface area contributed by atoms with Crippen LogP contribution >= 0.6 is 11.8 Å². The molecule has 1 N–H and O–H groups in total. The monoisotopic (exact) mass is 410 g/mol. The molecule has 0 bridgehead atoms. The van der Waals surface area contributed by atoms with Gasteiger partial charge in [-0.25, -0.2) is 0 Å². The average molecular weight is 410 g/mol. The molecule has 3 rings (SSSR count). The van der Waals surface area contributed by atoms with Gasteiger partial charge >= 0.3 is 0 Å². The van der Waals surface area contributed by atoms with Crippen LogP contribution in [0.4, 0.5) is 4.79 Å². The predicted octanol–water partition coefficient (Wildman–Crippen LogP) is 3.61. The number of imide groups is 1. The Kier molecular flexibility index (Phi) is 6.72. The van der Waals surface area contributed by atoms with Gasteiger partial charge in [-0.05, 0) is 53.1 Å². The molecule has 1 fully saturated rings. The summed E-state index contributed by atoms with van der Waals surface area (Å²) in [6.45, 7) is 2.08. The van der Waals surface area contributed by atoms with Gasteiger partial charge in [-0.2, -0.15) is 0 Å². The molecule has 0 saturated carbocycles. The van der Waals surface area contributed by atoms with Crippen molar-refractivity contribution in [1.82, 2.24) is 10.2 Å². The fourth-order valence-electron chi connectivity index (χ4n) is 2.78. The molecule has 2 aromatic rings. The molecular weight excluding hydrogens is 388 g/mol. The number of thioether (sulfide) groups is 1. The van der Waals surface area contributed by atoms with Crippen LogP contribution in [-0.2, 0) is 22.6 Å². The summed E-state index contributed by atoms with van der Waals surface area (Å²) >= 11 is 0.852. The minimum Gasteiger partial charge on any atom is -0.497 e. The van der Waals surface area contributed by atoms with Crippen molar-refractivity contribution in [2.24, 2.45) is 0 Å². The summed E-state index contributed by atoms with van der Waals surface area (Å²) in [6.07, 6.45) is 2.61. The minimum absolute atomic E-state index is 0.299. The quantitative estimate of drug-likeness (QED) is 0.706. The normalized spacial score (nSPS) is 15.1. The Morgan fingerprint density at radius 2 is 1.72 bits per heavy atom. The Morgan fingerprint density at radius 1 is 1.07 bits per heavy atom. The molecule has 0 radical (unpaired) electrons. The van der Waals surface area contributed by atoms with Crippen molar-refractivity contribution >= 4 is 34.9 Å². The van der Waals surface area contributed by atoms with Gasteiger partial charge in [-0.3, -0.25) is 19.3 Å². The number of nitrogens with one attached hydrogen (secondary N) is 1. The fraction of sp³-hybridized carbons (Fsp3) is 0.227. The van der Waals surface area contributed by atoms with Crippen LogP contribution in [0, 0.1) is 0 Å². The van der Waals surface area contributed by atoms with E-state index in [1.807, 2.05) is 36.4 Å². The number of hydrogen-bond acceptors (Lipinski definition) is 5. The summed E-state index contributed by atoms with van der Waals surface area (Å²) in [7, 11) is 1.59. The Hall–Kier alpha value is -3.06. The van der Waals surface area contributed by atoms with E-state index in [9.17, 15) is 14.4 Å². The summed E-state index contributed by atoms with van der Waals surface area (Å²) in [5, 5.41) is 2.29. The van der Waals surface area contributed by atoms with E-state index >= 15 is 0 Å². The van der Waals surface area contributed by atoms with Crippen LogP contribution in [0.25, 0.3) is 6.08 Å². The molecule has 6 nitrogen and oxygen atoms in total. The highest BCUT2D eigenvalue weighted by Crippen LogP contribution is 2.32. The van der Waals surface area contributed by atoms with Crippen LogP contribution < -0.4 is 10.1 Å². The van der Waals surface area contributed by atoms with Crippen molar-refractivity contribution in [2.45, 2.75) is 19.9 Å². The molecule has 0 unspecified atom stereocenters. The minimum atomic E-state index is -0.445. The summed E-state index contributed by atoms with van der Waals surface area (Å²) < 4.78 is 5.09. The lowest BCUT2D eigenvalue weighted by Gasteiger charge is -2.12. The van der Waals surface area contributed by atoms with E-state index in [0.29, 0.717) is 11.4 Å². The van der Waals surface area contributed by atoms with Gasteiger partial charge in [0.25, 0.3) is 11.1 Å². The maximum Gasteiger partial charge on any atom is 0.294 e. The highest BCUT2D eigenvalue weighted by molar-refractivity contribution is 8.18. The van der Waals surface area contributed by atoms with Gasteiger partial charge in [-0.1, -0.05) is 43.3 Å². The molecule has 1 aliphatic heterocycles. The molecule has 1 heterocycles. The Bertz CT molecular complexity index is 936. The molecule has 0 aromatic heterocycles. The number of nitrogens with zero attached hydrogens (tertiary/aromatic N) is 1. The van der Waals surface area contributed by atoms with Crippen molar-refractivity contribution in [3.63, 3.8) is 0 Å². The van der Waals surface area contributed by atoms with Crippen molar-refractivity contribution < 1.29 is 19.1 Å². The first kappa shape index (κ1) is 20.7. The largest absolute Gasteiger partial charge is 0.497 e. The zero-order valence-electron chi connectivity index (χ0n) is 16.3. The second-order valence-corrected chi connectivity index (χ2v) is 7.48. The number of carbonyl (C=O) groups is 3. The van der Waals surface area contributed by atoms with Gasteiger partial charge < -0.3 is 10.1 Å². The number of ether oxygens (including phenoxy) is 1. The van der Waals surface area contributed by atoms with Crippen LogP contribution in [0.2, 0.25) is 0 Å². The molecule has 29 heavy (non-hydrogen) atoms. The SMILES string of the molecule is CCc1ccc(/C=C2\SC(=O)N(CC(=O)NCc3ccc(OC)cc3)C2=O)cc1. The smallest absolute Gasteiger partial charge is 0.294 e. The average Bonchev–Trinajstić information content (AvgIpc) is 3.00. The molecule has 0 aliphatic carbocycles. The third-order valence-corrected chi connectivity index (χ3v) is 5.42. The van der Waals surface area contributed by atoms with Crippen molar-refractivity contribution in [3.05, 3.63) is 70.1 Å². The van der Waals surface area contributed by atoms with E-state index in [1.54, 1.807) is 25.3 Å². The lowest BCUT2D eigenvalue weighted by Crippen LogP contribution is -2.39. The van der Waals surface area contributed by atoms with Crippen molar-refractivity contribution in [2.75, 3.05) is 13.7 Å². The fourth-order valence-corrected chi connectivity index (χ4v) is 3.62. The number of benzene rings is 2. The maximum atomic E-state index is 12.5. The van der Waals surface area contributed by atoms with E-state index < -0.39 is 17.1 Å². The number of rotatable bonds is 7. The van der Waals surface area contributed by atoms with E-state index in [0.717, 1.165) is 40.0 Å². The summed E-state index contributed by atoms with van der Waals surface area (Å²) in [5.74, 6) is -0.107. The van der Waals surface area contributed by atoms with Gasteiger partial charge in [0.2, 0.25) is 5.91 Å². The van der Waals surface area contributed by atoms with E-state index in [-0.39, 0.29) is 6.54 Å². The van der Waals surface area contributed by atoms with Crippen LogP contribution in [0.5, 0.6) is 5.75 Å². The summed E-state index contributed by atoms with van der Waals surface area (Å²) in [5.41, 5.74) is 2.93. The second kappa shape index (κ2) is 9.43. The first-order chi connectivity index (χ1) is 14.0. The second-order valence-electron chi connectivity index (χ2n) is 6.49. The Labute approximate surface area is 173 Å². The third kappa shape index (κ3) is 5.26. The van der Waals surface area contributed by atoms with Gasteiger partial charge in [-0.15, -0.1) is 0 Å². The first-order valence-corrected chi connectivity index (χ1v) is 10.1. The molecule has 0 atom stereocenters. The summed E-state index contributed by atoms with van der Waals surface area (Å²) in [6, 6.07) is 15.1. The molecule has 0 spiro atoms. The van der Waals surface area contributed by atoms with Gasteiger partial charge in [0.15, 0.2) is 0 Å². The number of carbonyl (C=O) groups excluding carboxylic acids is 3. The maximum absolute atomic E-state index is 12.5. The topological polar surface area (TPSA) is 75.7 Å². The van der Waals surface area contributed by atoms with Crippen molar-refractivity contribution in [1.29, 1.82) is 0 Å². The van der Waals surface area contributed by atoms with E-state index in [2.05, 4.69) is 12.2 Å². The standard InChI is InChI=1S/C22H22N2O4S/c1-3-15-4-6-16(7-5-15)12-19-21(26)24(22(27)29-19)14-20(25)23-13-17-8-10-18(28-2)11-9-17/h4-12H,3,13-14H2,1-2H3,(H,23,25)/b19-12-. The molecule has 2 aromatic carbocycles.